The molecule has 1 N–H and O–H groups in total. The molecule has 4 aromatic carbocycles. The highest BCUT2D eigenvalue weighted by Crippen LogP contribution is 2.31. The molecule has 47 heavy (non-hydrogen) atoms. The van der Waals surface area contributed by atoms with Crippen molar-refractivity contribution < 1.29 is 9.53 Å². The van der Waals surface area contributed by atoms with Crippen molar-refractivity contribution in [3.05, 3.63) is 113 Å². The van der Waals surface area contributed by atoms with E-state index < -0.39 is 0 Å². The van der Waals surface area contributed by atoms with Crippen LogP contribution < -0.4 is 10.1 Å². The van der Waals surface area contributed by atoms with E-state index in [1.54, 1.807) is 6.07 Å². The Morgan fingerprint density at radius 2 is 1.57 bits per heavy atom. The zero-order chi connectivity index (χ0) is 32.2. The minimum atomic E-state index is -0.0793. The van der Waals surface area contributed by atoms with Gasteiger partial charge in [0.1, 0.15) is 11.9 Å². The van der Waals surface area contributed by atoms with Crippen molar-refractivity contribution in [1.82, 2.24) is 19.7 Å². The number of nitrogens with zero attached hydrogens (tertiary/aromatic N) is 3. The number of carbonyl (C=O) groups is 1. The highest BCUT2D eigenvalue weighted by atomic mass is 35.5. The van der Waals surface area contributed by atoms with Gasteiger partial charge < -0.3 is 14.6 Å². The molecule has 0 radical (unpaired) electrons. The maximum absolute atomic E-state index is 13.0. The summed E-state index contributed by atoms with van der Waals surface area (Å²) in [4.78, 5) is 18.0. The summed E-state index contributed by atoms with van der Waals surface area (Å²) in [7, 11) is 0. The molecule has 3 heterocycles. The van der Waals surface area contributed by atoms with Crippen LogP contribution in [0.1, 0.15) is 54.1 Å². The number of benzene rings is 4. The summed E-state index contributed by atoms with van der Waals surface area (Å²) in [5.41, 5.74) is 5.87. The second kappa shape index (κ2) is 14.5. The van der Waals surface area contributed by atoms with Crippen LogP contribution in [0.25, 0.3) is 21.8 Å². The molecule has 2 saturated heterocycles. The molecule has 244 valence electrons. The molecule has 2 fully saturated rings. The normalized spacial score (nSPS) is 18.1. The van der Waals surface area contributed by atoms with Gasteiger partial charge >= 0.3 is 0 Å². The highest BCUT2D eigenvalue weighted by molar-refractivity contribution is 6.32. The van der Waals surface area contributed by atoms with Gasteiger partial charge in [-0.25, -0.2) is 0 Å². The van der Waals surface area contributed by atoms with E-state index in [1.807, 2.05) is 12.1 Å². The SMILES string of the molecule is CCn1c2ccccc2c2cc(CN3CCC(Oc4ccc(C(=O)NCC5CCCN(Cc6ccccc6)C5)cc4Cl)CC3)ccc21. The third-order valence-corrected chi connectivity index (χ3v) is 10.3. The second-order valence-electron chi connectivity index (χ2n) is 13.3. The van der Waals surface area contributed by atoms with Crippen LogP contribution in [-0.2, 0) is 19.6 Å². The van der Waals surface area contributed by atoms with Gasteiger partial charge in [-0.15, -0.1) is 0 Å². The van der Waals surface area contributed by atoms with Gasteiger partial charge in [0.2, 0.25) is 0 Å². The Kier molecular flexibility index (Phi) is 9.80. The molecule has 6 nitrogen and oxygen atoms in total. The number of amides is 1. The summed E-state index contributed by atoms with van der Waals surface area (Å²) in [6.07, 6.45) is 4.29. The van der Waals surface area contributed by atoms with Gasteiger partial charge in [0.05, 0.1) is 5.02 Å². The fourth-order valence-corrected chi connectivity index (χ4v) is 7.77. The zero-order valence-corrected chi connectivity index (χ0v) is 28.1. The van der Waals surface area contributed by atoms with Gasteiger partial charge in [-0.05, 0) is 92.6 Å². The van der Waals surface area contributed by atoms with Crippen molar-refractivity contribution in [2.75, 3.05) is 32.7 Å². The first-order valence-corrected chi connectivity index (χ1v) is 17.6. The van der Waals surface area contributed by atoms with Crippen molar-refractivity contribution in [2.45, 2.75) is 58.3 Å². The predicted molar refractivity (Wildman–Crippen MR) is 192 cm³/mol. The summed E-state index contributed by atoms with van der Waals surface area (Å²) in [6.45, 7) is 9.81. The van der Waals surface area contributed by atoms with Crippen molar-refractivity contribution in [3.8, 4) is 5.75 Å². The molecule has 7 rings (SSSR count). The Balaban J connectivity index is 0.887. The fraction of sp³-hybridized carbons (Fsp3) is 0.375. The Morgan fingerprint density at radius 1 is 0.809 bits per heavy atom. The van der Waals surface area contributed by atoms with Crippen LogP contribution in [0.5, 0.6) is 5.75 Å². The Hall–Kier alpha value is -3.84. The standard InChI is InChI=1S/C40H45ClN4O2/c1-2-45-37-13-7-6-12-34(37)35-23-30(14-16-38(35)45)27-43-21-18-33(19-22-43)47-39-17-15-32(24-36(39)41)40(46)42-25-31-11-8-20-44(28-31)26-29-9-4-3-5-10-29/h3-7,9-10,12-17,23-24,31,33H,2,8,11,18-22,25-28H2,1H3,(H,42,46). The number of hydrogen-bond donors (Lipinski definition) is 1. The van der Waals surface area contributed by atoms with Crippen molar-refractivity contribution in [3.63, 3.8) is 0 Å². The van der Waals surface area contributed by atoms with E-state index in [2.05, 4.69) is 99.4 Å². The number of rotatable bonds is 10. The number of para-hydroxylation sites is 1. The molecule has 0 saturated carbocycles. The van der Waals surface area contributed by atoms with Gasteiger partial charge in [-0.2, -0.15) is 0 Å². The van der Waals surface area contributed by atoms with Crippen LogP contribution in [0.15, 0.2) is 91.0 Å². The summed E-state index contributed by atoms with van der Waals surface area (Å²) < 4.78 is 8.76. The lowest BCUT2D eigenvalue weighted by Crippen LogP contribution is -2.40. The number of carbonyl (C=O) groups excluding carboxylic acids is 1. The molecule has 2 aliphatic rings. The second-order valence-corrected chi connectivity index (χ2v) is 13.7. The van der Waals surface area contributed by atoms with Crippen LogP contribution in [0.3, 0.4) is 0 Å². The molecule has 2 aliphatic heterocycles. The molecule has 1 aromatic heterocycles. The molecule has 0 bridgehead atoms. The Morgan fingerprint density at radius 3 is 2.38 bits per heavy atom. The van der Waals surface area contributed by atoms with Crippen molar-refractivity contribution >= 4 is 39.3 Å². The maximum atomic E-state index is 13.0. The summed E-state index contributed by atoms with van der Waals surface area (Å²) in [6, 6.07) is 31.7. The number of halogens is 1. The first-order valence-electron chi connectivity index (χ1n) is 17.3. The summed E-state index contributed by atoms with van der Waals surface area (Å²) in [5.74, 6) is 1.03. The number of piperidine rings is 2. The molecule has 5 aromatic rings. The monoisotopic (exact) mass is 648 g/mol. The fourth-order valence-electron chi connectivity index (χ4n) is 7.54. The third kappa shape index (κ3) is 7.35. The average Bonchev–Trinajstić information content (AvgIpc) is 3.42. The molecule has 1 amide bonds. The van der Waals surface area contributed by atoms with Crippen LogP contribution in [0.4, 0.5) is 0 Å². The summed E-state index contributed by atoms with van der Waals surface area (Å²) in [5, 5.41) is 6.31. The van der Waals surface area contributed by atoms with E-state index in [1.165, 1.54) is 32.9 Å². The molecule has 0 aliphatic carbocycles. The molecule has 1 unspecified atom stereocenters. The van der Waals surface area contributed by atoms with E-state index in [9.17, 15) is 4.79 Å². The van der Waals surface area contributed by atoms with E-state index >= 15 is 0 Å². The minimum absolute atomic E-state index is 0.0793. The van der Waals surface area contributed by atoms with Crippen LogP contribution >= 0.6 is 11.6 Å². The number of fused-ring (bicyclic) bond motifs is 3. The molecule has 1 atom stereocenters. The van der Waals surface area contributed by atoms with E-state index in [0.717, 1.165) is 71.5 Å². The van der Waals surface area contributed by atoms with Gasteiger partial charge in [0.25, 0.3) is 5.91 Å². The number of aromatic nitrogens is 1. The zero-order valence-electron chi connectivity index (χ0n) is 27.3. The average molecular weight is 649 g/mol. The predicted octanol–water partition coefficient (Wildman–Crippen LogP) is 8.15. The van der Waals surface area contributed by atoms with Gasteiger partial charge in [0.15, 0.2) is 0 Å². The van der Waals surface area contributed by atoms with Crippen LogP contribution in [-0.4, -0.2) is 59.1 Å². The van der Waals surface area contributed by atoms with E-state index in [0.29, 0.717) is 28.8 Å². The highest BCUT2D eigenvalue weighted by Gasteiger charge is 2.23. The molecular weight excluding hydrogens is 604 g/mol. The lowest BCUT2D eigenvalue weighted by molar-refractivity contribution is 0.0929. The number of ether oxygens (including phenoxy) is 1. The minimum Gasteiger partial charge on any atom is -0.489 e. The first-order chi connectivity index (χ1) is 23.0. The van der Waals surface area contributed by atoms with Crippen LogP contribution in [0.2, 0.25) is 5.02 Å². The van der Waals surface area contributed by atoms with E-state index in [-0.39, 0.29) is 12.0 Å². The van der Waals surface area contributed by atoms with Crippen LogP contribution in [0, 0.1) is 5.92 Å². The lowest BCUT2D eigenvalue weighted by atomic mass is 9.97. The van der Waals surface area contributed by atoms with Crippen molar-refractivity contribution in [1.29, 1.82) is 0 Å². The lowest BCUT2D eigenvalue weighted by Gasteiger charge is -2.33. The Bertz CT molecular complexity index is 1830. The van der Waals surface area contributed by atoms with Gasteiger partial charge in [0, 0.05) is 73.2 Å². The quantitative estimate of drug-likeness (QED) is 0.166. The molecule has 0 spiro atoms. The van der Waals surface area contributed by atoms with Gasteiger partial charge in [-0.3, -0.25) is 14.6 Å². The number of nitrogens with one attached hydrogen (secondary N) is 1. The Labute approximate surface area is 283 Å². The largest absolute Gasteiger partial charge is 0.489 e. The molecule has 7 heteroatoms. The van der Waals surface area contributed by atoms with E-state index in [4.69, 9.17) is 16.3 Å². The number of likely N-dealkylation sites (tertiary alicyclic amines) is 2. The number of aryl methyl sites for hydroxylation is 1. The summed E-state index contributed by atoms with van der Waals surface area (Å²) >= 11 is 6.65. The smallest absolute Gasteiger partial charge is 0.251 e. The van der Waals surface area contributed by atoms with Gasteiger partial charge in [-0.1, -0.05) is 66.2 Å². The third-order valence-electron chi connectivity index (χ3n) is 9.98. The molecular formula is C40H45ClN4O2. The van der Waals surface area contributed by atoms with Crippen molar-refractivity contribution in [2.24, 2.45) is 5.92 Å². The first kappa shape index (κ1) is 31.7. The number of hydrogen-bond acceptors (Lipinski definition) is 4. The maximum Gasteiger partial charge on any atom is 0.251 e. The topological polar surface area (TPSA) is 49.7 Å².